The molecular formula is C19H9Cl4FO6. The number of hydrogen-bond donors (Lipinski definition) is 1. The number of carbonyl (C=O) groups is 2. The Morgan fingerprint density at radius 2 is 1.47 bits per heavy atom. The second kappa shape index (κ2) is 9.14. The summed E-state index contributed by atoms with van der Waals surface area (Å²) in [5.74, 6) is -5.67. The van der Waals surface area contributed by atoms with Gasteiger partial charge in [0.05, 0.1) is 21.2 Å². The molecule has 156 valence electrons. The standard InChI is InChI=1S/C19H9Cl4FO6/c20-8-1-3-10(12(22)5-8)17(25)28-7-14-16(15(24)19(27)29-14)30-18(26)11-4-2-9(21)6-13(11)23/h1-6,27H,7H2. The van der Waals surface area contributed by atoms with Crippen molar-refractivity contribution in [2.24, 2.45) is 0 Å². The Hall–Kier alpha value is -2.45. The molecule has 1 heterocycles. The minimum absolute atomic E-state index is 0.0104. The van der Waals surface area contributed by atoms with Gasteiger partial charge < -0.3 is 19.0 Å². The van der Waals surface area contributed by atoms with E-state index in [-0.39, 0.29) is 26.2 Å². The zero-order chi connectivity index (χ0) is 22.0. The summed E-state index contributed by atoms with van der Waals surface area (Å²) in [6.45, 7) is -0.674. The Balaban J connectivity index is 1.79. The number of ether oxygens (including phenoxy) is 2. The lowest BCUT2D eigenvalue weighted by Crippen LogP contribution is -2.12. The third-order valence-corrected chi connectivity index (χ3v) is 4.79. The highest BCUT2D eigenvalue weighted by molar-refractivity contribution is 6.37. The smallest absolute Gasteiger partial charge is 0.345 e. The topological polar surface area (TPSA) is 86.0 Å². The van der Waals surface area contributed by atoms with Crippen LogP contribution in [0, 0.1) is 5.82 Å². The van der Waals surface area contributed by atoms with E-state index in [1.807, 2.05) is 0 Å². The first kappa shape index (κ1) is 22.2. The summed E-state index contributed by atoms with van der Waals surface area (Å²) < 4.78 is 28.9. The molecule has 0 aliphatic rings. The Morgan fingerprint density at radius 1 is 0.933 bits per heavy atom. The van der Waals surface area contributed by atoms with Gasteiger partial charge in [0.2, 0.25) is 11.6 Å². The molecule has 0 bridgehead atoms. The molecule has 0 spiro atoms. The van der Waals surface area contributed by atoms with Crippen molar-refractivity contribution in [3.05, 3.63) is 79.2 Å². The lowest BCUT2D eigenvalue weighted by Gasteiger charge is -2.08. The molecule has 2 aromatic carbocycles. The predicted octanol–water partition coefficient (Wildman–Crippen LogP) is 6.31. The van der Waals surface area contributed by atoms with Gasteiger partial charge in [-0.25, -0.2) is 9.59 Å². The molecule has 0 saturated heterocycles. The van der Waals surface area contributed by atoms with Crippen molar-refractivity contribution in [2.45, 2.75) is 6.61 Å². The second-order valence-corrected chi connectivity index (χ2v) is 7.37. The van der Waals surface area contributed by atoms with E-state index in [0.29, 0.717) is 5.02 Å². The summed E-state index contributed by atoms with van der Waals surface area (Å²) in [4.78, 5) is 24.5. The van der Waals surface area contributed by atoms with Crippen molar-refractivity contribution in [1.29, 1.82) is 0 Å². The maximum atomic E-state index is 14.2. The summed E-state index contributed by atoms with van der Waals surface area (Å²) >= 11 is 23.4. The normalized spacial score (nSPS) is 10.7. The number of esters is 2. The number of halogens is 5. The largest absolute Gasteiger partial charge is 0.478 e. The third kappa shape index (κ3) is 4.82. The van der Waals surface area contributed by atoms with E-state index in [9.17, 15) is 19.1 Å². The minimum atomic E-state index is -1.36. The summed E-state index contributed by atoms with van der Waals surface area (Å²) in [5, 5.41) is 10.1. The number of hydrogen-bond acceptors (Lipinski definition) is 6. The number of benzene rings is 2. The van der Waals surface area contributed by atoms with Gasteiger partial charge in [0.1, 0.15) is 0 Å². The first-order valence-electron chi connectivity index (χ1n) is 7.97. The van der Waals surface area contributed by atoms with Crippen LogP contribution < -0.4 is 4.74 Å². The quantitative estimate of drug-likeness (QED) is 0.419. The van der Waals surface area contributed by atoms with E-state index >= 15 is 0 Å². The maximum Gasteiger partial charge on any atom is 0.345 e. The lowest BCUT2D eigenvalue weighted by molar-refractivity contribution is 0.0435. The average molecular weight is 494 g/mol. The van der Waals surface area contributed by atoms with Crippen LogP contribution in [-0.4, -0.2) is 17.0 Å². The Bertz CT molecular complexity index is 1140. The molecule has 0 atom stereocenters. The molecular weight excluding hydrogens is 485 g/mol. The summed E-state index contributed by atoms with van der Waals surface area (Å²) in [6, 6.07) is 8.03. The fourth-order valence-corrected chi connectivity index (χ4v) is 3.26. The van der Waals surface area contributed by atoms with Crippen LogP contribution in [0.15, 0.2) is 40.8 Å². The lowest BCUT2D eigenvalue weighted by atomic mass is 10.2. The molecule has 3 aromatic rings. The minimum Gasteiger partial charge on any atom is -0.478 e. The van der Waals surface area contributed by atoms with Crippen molar-refractivity contribution >= 4 is 58.3 Å². The highest BCUT2D eigenvalue weighted by Gasteiger charge is 2.27. The molecule has 0 saturated carbocycles. The van der Waals surface area contributed by atoms with Gasteiger partial charge in [0.25, 0.3) is 0 Å². The van der Waals surface area contributed by atoms with Gasteiger partial charge >= 0.3 is 17.9 Å². The van der Waals surface area contributed by atoms with E-state index in [2.05, 4.69) is 0 Å². The first-order valence-corrected chi connectivity index (χ1v) is 9.48. The van der Waals surface area contributed by atoms with Gasteiger partial charge in [-0.3, -0.25) is 0 Å². The Labute approximate surface area is 188 Å². The molecule has 30 heavy (non-hydrogen) atoms. The third-order valence-electron chi connectivity index (χ3n) is 3.69. The van der Waals surface area contributed by atoms with Crippen molar-refractivity contribution in [1.82, 2.24) is 0 Å². The van der Waals surface area contributed by atoms with E-state index in [1.165, 1.54) is 36.4 Å². The van der Waals surface area contributed by atoms with Crippen LogP contribution in [0.1, 0.15) is 26.5 Å². The van der Waals surface area contributed by atoms with Crippen molar-refractivity contribution < 1.29 is 33.0 Å². The van der Waals surface area contributed by atoms with Crippen LogP contribution in [0.2, 0.25) is 20.1 Å². The van der Waals surface area contributed by atoms with Gasteiger partial charge in [-0.2, -0.15) is 4.39 Å². The summed E-state index contributed by atoms with van der Waals surface area (Å²) in [7, 11) is 0. The molecule has 0 amide bonds. The highest BCUT2D eigenvalue weighted by Crippen LogP contribution is 2.35. The fourth-order valence-electron chi connectivity index (χ4n) is 2.29. The van der Waals surface area contributed by atoms with Crippen molar-refractivity contribution in [3.63, 3.8) is 0 Å². The summed E-state index contributed by atoms with van der Waals surface area (Å²) in [5.41, 5.74) is -0.124. The van der Waals surface area contributed by atoms with Crippen LogP contribution in [-0.2, 0) is 11.3 Å². The number of carbonyl (C=O) groups excluding carboxylic acids is 2. The average Bonchev–Trinajstić information content (AvgIpc) is 2.93. The van der Waals surface area contributed by atoms with E-state index in [1.54, 1.807) is 0 Å². The van der Waals surface area contributed by atoms with Crippen LogP contribution in [0.25, 0.3) is 0 Å². The second-order valence-electron chi connectivity index (χ2n) is 5.69. The molecule has 0 aliphatic heterocycles. The fraction of sp³-hybridized carbons (Fsp3) is 0.0526. The van der Waals surface area contributed by atoms with Crippen LogP contribution in [0.4, 0.5) is 4.39 Å². The monoisotopic (exact) mass is 492 g/mol. The van der Waals surface area contributed by atoms with Gasteiger partial charge in [-0.1, -0.05) is 46.4 Å². The molecule has 3 rings (SSSR count). The van der Waals surface area contributed by atoms with Gasteiger partial charge in [-0.05, 0) is 36.4 Å². The number of rotatable bonds is 5. The van der Waals surface area contributed by atoms with Crippen LogP contribution in [0.3, 0.4) is 0 Å². The SMILES string of the molecule is O=C(OCc1oc(O)c(F)c1OC(=O)c1ccc(Cl)cc1Cl)c1ccc(Cl)cc1Cl. The van der Waals surface area contributed by atoms with Crippen LogP contribution in [0.5, 0.6) is 11.7 Å². The van der Waals surface area contributed by atoms with E-state index in [0.717, 1.165) is 0 Å². The molecule has 1 N–H and O–H groups in total. The number of aromatic hydroxyl groups is 1. The predicted molar refractivity (Wildman–Crippen MR) is 107 cm³/mol. The van der Waals surface area contributed by atoms with E-state index in [4.69, 9.17) is 60.3 Å². The molecule has 6 nitrogen and oxygen atoms in total. The first-order chi connectivity index (χ1) is 14.2. The van der Waals surface area contributed by atoms with Crippen LogP contribution >= 0.6 is 46.4 Å². The van der Waals surface area contributed by atoms with Gasteiger partial charge in [-0.15, -0.1) is 0 Å². The van der Waals surface area contributed by atoms with E-state index < -0.39 is 41.8 Å². The number of furan rings is 1. The Morgan fingerprint density at radius 3 is 2.00 bits per heavy atom. The van der Waals surface area contributed by atoms with Gasteiger partial charge in [0, 0.05) is 10.0 Å². The highest BCUT2D eigenvalue weighted by atomic mass is 35.5. The van der Waals surface area contributed by atoms with Crippen molar-refractivity contribution in [3.8, 4) is 11.7 Å². The van der Waals surface area contributed by atoms with Gasteiger partial charge in [0.15, 0.2) is 12.4 Å². The molecule has 0 unspecified atom stereocenters. The molecule has 11 heteroatoms. The zero-order valence-electron chi connectivity index (χ0n) is 14.5. The maximum absolute atomic E-state index is 14.2. The zero-order valence-corrected chi connectivity index (χ0v) is 17.6. The molecule has 0 fully saturated rings. The molecule has 0 radical (unpaired) electrons. The summed E-state index contributed by atoms with van der Waals surface area (Å²) in [6.07, 6.45) is 0. The molecule has 0 aliphatic carbocycles. The Kier molecular flexibility index (Phi) is 6.77. The van der Waals surface area contributed by atoms with Crippen molar-refractivity contribution in [2.75, 3.05) is 0 Å². The molecule has 1 aromatic heterocycles.